The molecule has 94 valence electrons. The molecule has 2 N–H and O–H groups in total. The van der Waals surface area contributed by atoms with Gasteiger partial charge in [0.05, 0.1) is 11.6 Å². The molecular weight excluding hydrogens is 252 g/mol. The van der Waals surface area contributed by atoms with Crippen molar-refractivity contribution in [2.45, 2.75) is 6.04 Å². The second-order valence-corrected chi connectivity index (χ2v) is 5.29. The minimum atomic E-state index is -0.0858. The molecular formula is C16H14N2S. The minimum Gasteiger partial charge on any atom is -0.320 e. The third-order valence-electron chi connectivity index (χ3n) is 3.13. The highest BCUT2D eigenvalue weighted by molar-refractivity contribution is 7.09. The van der Waals surface area contributed by atoms with Crippen LogP contribution in [0.1, 0.15) is 16.5 Å². The van der Waals surface area contributed by atoms with E-state index in [1.807, 2.05) is 29.9 Å². The van der Waals surface area contributed by atoms with Gasteiger partial charge in [-0.25, -0.2) is 0 Å². The van der Waals surface area contributed by atoms with Gasteiger partial charge in [-0.1, -0.05) is 54.6 Å². The van der Waals surface area contributed by atoms with Crippen molar-refractivity contribution in [1.82, 2.24) is 4.98 Å². The van der Waals surface area contributed by atoms with Gasteiger partial charge in [0, 0.05) is 11.1 Å². The maximum Gasteiger partial charge on any atom is 0.0794 e. The van der Waals surface area contributed by atoms with Gasteiger partial charge in [-0.3, -0.25) is 4.98 Å². The first-order valence-electron chi connectivity index (χ1n) is 6.14. The third-order valence-corrected chi connectivity index (χ3v) is 3.99. The maximum absolute atomic E-state index is 6.22. The third kappa shape index (κ3) is 2.57. The summed E-state index contributed by atoms with van der Waals surface area (Å²) in [5.74, 6) is 0. The quantitative estimate of drug-likeness (QED) is 0.782. The first-order valence-corrected chi connectivity index (χ1v) is 7.02. The molecule has 2 nitrogen and oxygen atoms in total. The highest BCUT2D eigenvalue weighted by Crippen LogP contribution is 2.25. The van der Waals surface area contributed by atoms with Crippen LogP contribution >= 0.6 is 11.3 Å². The van der Waals surface area contributed by atoms with Crippen LogP contribution in [0.25, 0.3) is 11.1 Å². The molecule has 2 aromatic carbocycles. The van der Waals surface area contributed by atoms with Crippen LogP contribution < -0.4 is 5.73 Å². The largest absolute Gasteiger partial charge is 0.320 e. The molecule has 1 aromatic heterocycles. The van der Waals surface area contributed by atoms with E-state index >= 15 is 0 Å². The van der Waals surface area contributed by atoms with Crippen LogP contribution in [0.5, 0.6) is 0 Å². The molecule has 1 heterocycles. The molecule has 3 heteroatoms. The predicted molar refractivity (Wildman–Crippen MR) is 80.0 cm³/mol. The van der Waals surface area contributed by atoms with Gasteiger partial charge in [-0.2, -0.15) is 0 Å². The summed E-state index contributed by atoms with van der Waals surface area (Å²) < 4.78 is 0. The lowest BCUT2D eigenvalue weighted by molar-refractivity contribution is 0.889. The van der Waals surface area contributed by atoms with E-state index in [9.17, 15) is 0 Å². The lowest BCUT2D eigenvalue weighted by atomic mass is 10.0. The molecule has 0 spiro atoms. The summed E-state index contributed by atoms with van der Waals surface area (Å²) in [4.78, 5) is 5.16. The van der Waals surface area contributed by atoms with Crippen molar-refractivity contribution in [3.8, 4) is 11.1 Å². The summed E-state index contributed by atoms with van der Waals surface area (Å²) in [5.41, 5.74) is 11.6. The number of nitrogens with zero attached hydrogens (tertiary/aromatic N) is 1. The molecule has 3 aromatic rings. The van der Waals surface area contributed by atoms with Crippen molar-refractivity contribution in [2.24, 2.45) is 5.73 Å². The average molecular weight is 266 g/mol. The molecule has 0 fully saturated rings. The summed E-state index contributed by atoms with van der Waals surface area (Å²) >= 11 is 1.59. The Kier molecular flexibility index (Phi) is 3.40. The van der Waals surface area contributed by atoms with Gasteiger partial charge in [0.25, 0.3) is 0 Å². The number of aromatic nitrogens is 1. The number of nitrogens with two attached hydrogens (primary N) is 1. The molecule has 0 saturated heterocycles. The Morgan fingerprint density at radius 1 is 0.895 bits per heavy atom. The maximum atomic E-state index is 6.22. The smallest absolute Gasteiger partial charge is 0.0794 e. The van der Waals surface area contributed by atoms with Crippen molar-refractivity contribution >= 4 is 11.3 Å². The van der Waals surface area contributed by atoms with Crippen molar-refractivity contribution < 1.29 is 0 Å². The SMILES string of the molecule is NC(c1ccc(-c2ccccc2)cc1)c1cncs1. The van der Waals surface area contributed by atoms with Gasteiger partial charge in [0.15, 0.2) is 0 Å². The fraction of sp³-hybridized carbons (Fsp3) is 0.0625. The van der Waals surface area contributed by atoms with Gasteiger partial charge < -0.3 is 5.73 Å². The number of rotatable bonds is 3. The summed E-state index contributed by atoms with van der Waals surface area (Å²) in [6, 6.07) is 18.7. The summed E-state index contributed by atoms with van der Waals surface area (Å²) in [7, 11) is 0. The van der Waals surface area contributed by atoms with E-state index < -0.39 is 0 Å². The van der Waals surface area contributed by atoms with Gasteiger partial charge >= 0.3 is 0 Å². The average Bonchev–Trinajstić information content (AvgIpc) is 3.02. The first-order chi connectivity index (χ1) is 9.34. The van der Waals surface area contributed by atoms with Gasteiger partial charge in [0.1, 0.15) is 0 Å². The molecule has 1 atom stereocenters. The Morgan fingerprint density at radius 3 is 2.21 bits per heavy atom. The Hall–Kier alpha value is -1.97. The van der Waals surface area contributed by atoms with E-state index in [2.05, 4.69) is 41.4 Å². The monoisotopic (exact) mass is 266 g/mol. The predicted octanol–water partition coefficient (Wildman–Crippen LogP) is 3.86. The van der Waals surface area contributed by atoms with Gasteiger partial charge in [-0.05, 0) is 16.7 Å². The van der Waals surface area contributed by atoms with E-state index in [1.54, 1.807) is 11.3 Å². The lowest BCUT2D eigenvalue weighted by Crippen LogP contribution is -2.09. The van der Waals surface area contributed by atoms with Crippen LogP contribution in [-0.4, -0.2) is 4.98 Å². The normalized spacial score (nSPS) is 12.3. The Morgan fingerprint density at radius 2 is 1.58 bits per heavy atom. The van der Waals surface area contributed by atoms with Crippen LogP contribution in [0.15, 0.2) is 66.3 Å². The van der Waals surface area contributed by atoms with Crippen LogP contribution in [0.2, 0.25) is 0 Å². The van der Waals surface area contributed by atoms with Gasteiger partial charge in [-0.15, -0.1) is 11.3 Å². The molecule has 0 aliphatic carbocycles. The van der Waals surface area contributed by atoms with E-state index in [-0.39, 0.29) is 6.04 Å². The highest BCUT2D eigenvalue weighted by atomic mass is 32.1. The Labute approximate surface area is 116 Å². The zero-order valence-electron chi connectivity index (χ0n) is 10.4. The van der Waals surface area contributed by atoms with Crippen molar-refractivity contribution in [1.29, 1.82) is 0 Å². The fourth-order valence-corrected chi connectivity index (χ4v) is 2.70. The first kappa shape index (κ1) is 12.1. The second-order valence-electron chi connectivity index (χ2n) is 4.37. The number of hydrogen-bond donors (Lipinski definition) is 1. The highest BCUT2D eigenvalue weighted by Gasteiger charge is 2.10. The van der Waals surface area contributed by atoms with Crippen LogP contribution in [0.3, 0.4) is 0 Å². The van der Waals surface area contributed by atoms with Crippen molar-refractivity contribution in [3.05, 3.63) is 76.7 Å². The molecule has 0 bridgehead atoms. The van der Waals surface area contributed by atoms with E-state index in [0.29, 0.717) is 0 Å². The minimum absolute atomic E-state index is 0.0858. The second kappa shape index (κ2) is 5.34. The standard InChI is InChI=1S/C16H14N2S/c17-16(15-10-18-11-19-15)14-8-6-13(7-9-14)12-4-2-1-3-5-12/h1-11,16H,17H2. The van der Waals surface area contributed by atoms with E-state index in [4.69, 9.17) is 5.73 Å². The molecule has 0 aliphatic heterocycles. The fourth-order valence-electron chi connectivity index (χ4n) is 2.06. The van der Waals surface area contributed by atoms with Crippen LogP contribution in [0.4, 0.5) is 0 Å². The molecule has 0 amide bonds. The molecule has 19 heavy (non-hydrogen) atoms. The Bertz CT molecular complexity index is 630. The zero-order chi connectivity index (χ0) is 13.1. The van der Waals surface area contributed by atoms with Gasteiger partial charge in [0.2, 0.25) is 0 Å². The summed E-state index contributed by atoms with van der Waals surface area (Å²) in [6.07, 6.45) is 1.83. The van der Waals surface area contributed by atoms with Crippen molar-refractivity contribution in [2.75, 3.05) is 0 Å². The number of hydrogen-bond acceptors (Lipinski definition) is 3. The molecule has 0 radical (unpaired) electrons. The molecule has 0 aliphatic rings. The molecule has 3 rings (SSSR count). The number of benzene rings is 2. The lowest BCUT2D eigenvalue weighted by Gasteiger charge is -2.10. The molecule has 0 saturated carbocycles. The van der Waals surface area contributed by atoms with E-state index in [1.165, 1.54) is 11.1 Å². The van der Waals surface area contributed by atoms with Crippen molar-refractivity contribution in [3.63, 3.8) is 0 Å². The van der Waals surface area contributed by atoms with Crippen LogP contribution in [0, 0.1) is 0 Å². The molecule has 1 unspecified atom stereocenters. The van der Waals surface area contributed by atoms with Crippen LogP contribution in [-0.2, 0) is 0 Å². The summed E-state index contributed by atoms with van der Waals surface area (Å²) in [5, 5.41) is 0. The Balaban J connectivity index is 1.87. The number of thiazole rings is 1. The van der Waals surface area contributed by atoms with E-state index in [0.717, 1.165) is 10.4 Å². The topological polar surface area (TPSA) is 38.9 Å². The zero-order valence-corrected chi connectivity index (χ0v) is 11.2. The summed E-state index contributed by atoms with van der Waals surface area (Å²) in [6.45, 7) is 0.